The Bertz CT molecular complexity index is 607. The summed E-state index contributed by atoms with van der Waals surface area (Å²) in [5.41, 5.74) is 9.88. The normalized spacial score (nSPS) is 19.6. The van der Waals surface area contributed by atoms with Gasteiger partial charge in [-0.1, -0.05) is 31.2 Å². The first-order chi connectivity index (χ1) is 9.66. The van der Waals surface area contributed by atoms with E-state index in [1.807, 2.05) is 19.2 Å². The van der Waals surface area contributed by atoms with Crippen LogP contribution in [0.3, 0.4) is 0 Å². The number of hydrogen-bond donors (Lipinski definition) is 1. The summed E-state index contributed by atoms with van der Waals surface area (Å²) in [6, 6.07) is 12.6. The molecule has 20 heavy (non-hydrogen) atoms. The third-order valence-corrected chi connectivity index (χ3v) is 3.91. The second-order valence-electron chi connectivity index (χ2n) is 5.75. The SMILES string of the molecule is CC1Cc2ccccc2N(c2ncccc2C(C)N)C1. The van der Waals surface area contributed by atoms with Crippen molar-refractivity contribution in [2.75, 3.05) is 11.4 Å². The molecule has 0 saturated carbocycles. The van der Waals surface area contributed by atoms with Crippen molar-refractivity contribution in [1.29, 1.82) is 0 Å². The lowest BCUT2D eigenvalue weighted by molar-refractivity contribution is 0.558. The maximum Gasteiger partial charge on any atom is 0.137 e. The molecule has 1 aliphatic heterocycles. The number of hydrogen-bond acceptors (Lipinski definition) is 3. The molecule has 2 unspecified atom stereocenters. The fraction of sp³-hybridized carbons (Fsp3) is 0.353. The maximum atomic E-state index is 6.11. The highest BCUT2D eigenvalue weighted by molar-refractivity contribution is 5.68. The quantitative estimate of drug-likeness (QED) is 0.906. The first kappa shape index (κ1) is 13.1. The van der Waals surface area contributed by atoms with E-state index in [0.29, 0.717) is 5.92 Å². The summed E-state index contributed by atoms with van der Waals surface area (Å²) >= 11 is 0. The second kappa shape index (κ2) is 5.25. The zero-order valence-corrected chi connectivity index (χ0v) is 12.1. The predicted octanol–water partition coefficient (Wildman–Crippen LogP) is 3.43. The minimum Gasteiger partial charge on any atom is -0.326 e. The van der Waals surface area contributed by atoms with E-state index in [9.17, 15) is 0 Å². The van der Waals surface area contributed by atoms with Gasteiger partial charge in [0.15, 0.2) is 0 Å². The first-order valence-electron chi connectivity index (χ1n) is 7.22. The van der Waals surface area contributed by atoms with E-state index < -0.39 is 0 Å². The smallest absolute Gasteiger partial charge is 0.137 e. The van der Waals surface area contributed by atoms with Crippen LogP contribution in [0.2, 0.25) is 0 Å². The van der Waals surface area contributed by atoms with Crippen molar-refractivity contribution in [3.8, 4) is 0 Å². The molecule has 2 N–H and O–H groups in total. The van der Waals surface area contributed by atoms with Crippen LogP contribution in [0.5, 0.6) is 0 Å². The number of anilines is 2. The molecule has 0 bridgehead atoms. The van der Waals surface area contributed by atoms with E-state index in [1.165, 1.54) is 11.3 Å². The predicted molar refractivity (Wildman–Crippen MR) is 83.2 cm³/mol. The fourth-order valence-electron chi connectivity index (χ4n) is 2.99. The van der Waals surface area contributed by atoms with Crippen LogP contribution < -0.4 is 10.6 Å². The molecule has 0 saturated heterocycles. The molecule has 0 radical (unpaired) electrons. The lowest BCUT2D eigenvalue weighted by Gasteiger charge is -2.35. The zero-order valence-electron chi connectivity index (χ0n) is 12.1. The Morgan fingerprint density at radius 2 is 2.05 bits per heavy atom. The summed E-state index contributed by atoms with van der Waals surface area (Å²) < 4.78 is 0. The molecule has 2 atom stereocenters. The maximum absolute atomic E-state index is 6.11. The standard InChI is InChI=1S/C17H21N3/c1-12-10-14-6-3-4-8-16(14)20(11-12)17-15(13(2)18)7-5-9-19-17/h3-9,12-13H,10-11,18H2,1-2H3. The van der Waals surface area contributed by atoms with E-state index in [2.05, 4.69) is 47.1 Å². The van der Waals surface area contributed by atoms with Gasteiger partial charge in [-0.2, -0.15) is 0 Å². The van der Waals surface area contributed by atoms with E-state index in [-0.39, 0.29) is 6.04 Å². The van der Waals surface area contributed by atoms with Crippen LogP contribution in [0.25, 0.3) is 0 Å². The van der Waals surface area contributed by atoms with Crippen molar-refractivity contribution in [2.45, 2.75) is 26.3 Å². The number of nitrogens with two attached hydrogens (primary N) is 1. The number of pyridine rings is 1. The highest BCUT2D eigenvalue weighted by Gasteiger charge is 2.25. The van der Waals surface area contributed by atoms with E-state index in [1.54, 1.807) is 0 Å². The van der Waals surface area contributed by atoms with Gasteiger partial charge < -0.3 is 10.6 Å². The summed E-state index contributed by atoms with van der Waals surface area (Å²) in [5.74, 6) is 1.62. The van der Waals surface area contributed by atoms with Crippen LogP contribution in [0.15, 0.2) is 42.6 Å². The number of nitrogens with zero attached hydrogens (tertiary/aromatic N) is 2. The molecule has 3 rings (SSSR count). The molecular formula is C17H21N3. The average molecular weight is 267 g/mol. The van der Waals surface area contributed by atoms with E-state index in [0.717, 1.165) is 24.3 Å². The molecule has 104 valence electrons. The minimum atomic E-state index is -0.0110. The number of benzene rings is 1. The Hall–Kier alpha value is -1.87. The fourth-order valence-corrected chi connectivity index (χ4v) is 2.99. The zero-order chi connectivity index (χ0) is 14.1. The summed E-state index contributed by atoms with van der Waals surface area (Å²) in [6.07, 6.45) is 2.98. The van der Waals surface area contributed by atoms with E-state index in [4.69, 9.17) is 5.73 Å². The minimum absolute atomic E-state index is 0.0110. The van der Waals surface area contributed by atoms with Gasteiger partial charge >= 0.3 is 0 Å². The largest absolute Gasteiger partial charge is 0.326 e. The Labute approximate surface area is 120 Å². The molecule has 1 aromatic carbocycles. The lowest BCUT2D eigenvalue weighted by Crippen LogP contribution is -2.32. The van der Waals surface area contributed by atoms with Crippen LogP contribution in [0.4, 0.5) is 11.5 Å². The first-order valence-corrected chi connectivity index (χ1v) is 7.22. The summed E-state index contributed by atoms with van der Waals surface area (Å²) in [5, 5.41) is 0. The Balaban J connectivity index is 2.11. The van der Waals surface area contributed by atoms with Crippen LogP contribution in [0, 0.1) is 5.92 Å². The van der Waals surface area contributed by atoms with Crippen molar-refractivity contribution in [2.24, 2.45) is 11.7 Å². The van der Waals surface area contributed by atoms with Crippen molar-refractivity contribution < 1.29 is 0 Å². The Morgan fingerprint density at radius 1 is 1.25 bits per heavy atom. The van der Waals surface area contributed by atoms with Gasteiger partial charge in [0.25, 0.3) is 0 Å². The van der Waals surface area contributed by atoms with Crippen LogP contribution >= 0.6 is 0 Å². The molecule has 0 fully saturated rings. The van der Waals surface area contributed by atoms with Crippen molar-refractivity contribution in [3.63, 3.8) is 0 Å². The molecular weight excluding hydrogens is 246 g/mol. The van der Waals surface area contributed by atoms with Crippen molar-refractivity contribution in [3.05, 3.63) is 53.7 Å². The van der Waals surface area contributed by atoms with Crippen LogP contribution in [0.1, 0.15) is 31.0 Å². The molecule has 0 amide bonds. The van der Waals surface area contributed by atoms with Gasteiger partial charge in [-0.25, -0.2) is 4.98 Å². The number of fused-ring (bicyclic) bond motifs is 1. The van der Waals surface area contributed by atoms with Gasteiger partial charge in [-0.3, -0.25) is 0 Å². The van der Waals surface area contributed by atoms with Gasteiger partial charge in [0.2, 0.25) is 0 Å². The Morgan fingerprint density at radius 3 is 2.85 bits per heavy atom. The van der Waals surface area contributed by atoms with Gasteiger partial charge in [0, 0.05) is 30.0 Å². The Kier molecular flexibility index (Phi) is 3.45. The van der Waals surface area contributed by atoms with E-state index >= 15 is 0 Å². The summed E-state index contributed by atoms with van der Waals surface area (Å²) in [6.45, 7) is 5.30. The van der Waals surface area contributed by atoms with Crippen molar-refractivity contribution >= 4 is 11.5 Å². The van der Waals surface area contributed by atoms with Gasteiger partial charge in [-0.15, -0.1) is 0 Å². The topological polar surface area (TPSA) is 42.2 Å². The molecule has 0 spiro atoms. The number of para-hydroxylation sites is 1. The highest BCUT2D eigenvalue weighted by atomic mass is 15.2. The summed E-state index contributed by atoms with van der Waals surface area (Å²) in [7, 11) is 0. The highest BCUT2D eigenvalue weighted by Crippen LogP contribution is 2.36. The number of aromatic nitrogens is 1. The molecule has 2 heterocycles. The molecule has 3 nitrogen and oxygen atoms in total. The third-order valence-electron chi connectivity index (χ3n) is 3.91. The number of rotatable bonds is 2. The van der Waals surface area contributed by atoms with Gasteiger partial charge in [0.1, 0.15) is 5.82 Å². The monoisotopic (exact) mass is 267 g/mol. The molecule has 3 heteroatoms. The molecule has 1 aliphatic rings. The molecule has 1 aromatic heterocycles. The molecule has 2 aromatic rings. The average Bonchev–Trinajstić information content (AvgIpc) is 2.46. The van der Waals surface area contributed by atoms with Gasteiger partial charge in [0.05, 0.1) is 0 Å². The summed E-state index contributed by atoms with van der Waals surface area (Å²) in [4.78, 5) is 6.92. The lowest BCUT2D eigenvalue weighted by atomic mass is 9.93. The van der Waals surface area contributed by atoms with Gasteiger partial charge in [-0.05, 0) is 37.0 Å². The van der Waals surface area contributed by atoms with Crippen LogP contribution in [-0.2, 0) is 6.42 Å². The third kappa shape index (κ3) is 2.29. The van der Waals surface area contributed by atoms with Crippen molar-refractivity contribution in [1.82, 2.24) is 4.98 Å². The second-order valence-corrected chi connectivity index (χ2v) is 5.75. The molecule has 0 aliphatic carbocycles. The van der Waals surface area contributed by atoms with Crippen LogP contribution in [-0.4, -0.2) is 11.5 Å².